The second-order valence-corrected chi connectivity index (χ2v) is 14.7. The molecule has 6 nitrogen and oxygen atoms in total. The fraction of sp³-hybridized carbons (Fsp3) is 0.278. The van der Waals surface area contributed by atoms with Gasteiger partial charge in [-0.1, -0.05) is 99.6 Å². The van der Waals surface area contributed by atoms with Crippen LogP contribution in [0, 0.1) is 5.41 Å². The van der Waals surface area contributed by atoms with Gasteiger partial charge in [0.15, 0.2) is 12.9 Å². The van der Waals surface area contributed by atoms with Crippen LogP contribution in [0.25, 0.3) is 0 Å². The maximum atomic E-state index is 15.3. The average molecular weight is 595 g/mol. The first kappa shape index (κ1) is 30.6. The van der Waals surface area contributed by atoms with Crippen LogP contribution in [-0.2, 0) is 14.0 Å². The number of nitrogens with zero attached hydrogens (tertiary/aromatic N) is 2. The topological polar surface area (TPSA) is 68.2 Å². The summed E-state index contributed by atoms with van der Waals surface area (Å²) in [6.07, 6.45) is 0. The van der Waals surface area contributed by atoms with E-state index in [1.54, 1.807) is 0 Å². The molecule has 0 N–H and O–H groups in total. The normalized spacial score (nSPS) is 14.8. The van der Waals surface area contributed by atoms with Crippen LogP contribution in [0.1, 0.15) is 36.7 Å². The summed E-state index contributed by atoms with van der Waals surface area (Å²) in [6.45, 7) is 9.92. The molecule has 222 valence electrons. The Hall–Kier alpha value is -3.83. The quantitative estimate of drug-likeness (QED) is 0.103. The van der Waals surface area contributed by atoms with Gasteiger partial charge < -0.3 is 14.0 Å². The molecule has 0 amide bonds. The number of aliphatic imine (C=N–C) groups is 1. The van der Waals surface area contributed by atoms with Gasteiger partial charge in [-0.3, -0.25) is 9.69 Å². The van der Waals surface area contributed by atoms with E-state index in [4.69, 9.17) is 14.5 Å². The highest BCUT2D eigenvalue weighted by Gasteiger charge is 2.33. The zero-order valence-electron chi connectivity index (χ0n) is 25.1. The summed E-state index contributed by atoms with van der Waals surface area (Å²) < 4.78 is 27.1. The molecule has 4 aromatic rings. The van der Waals surface area contributed by atoms with Crippen molar-refractivity contribution in [3.8, 4) is 0 Å². The van der Waals surface area contributed by atoms with E-state index in [1.165, 1.54) is 0 Å². The zero-order valence-corrected chi connectivity index (χ0v) is 26.0. The third kappa shape index (κ3) is 7.58. The molecule has 0 radical (unpaired) electrons. The van der Waals surface area contributed by atoms with Crippen LogP contribution < -0.4 is 15.9 Å². The number of carbonyl (C=O) groups is 1. The van der Waals surface area contributed by atoms with Crippen molar-refractivity contribution in [3.05, 3.63) is 120 Å². The fourth-order valence-corrected chi connectivity index (χ4v) is 7.82. The van der Waals surface area contributed by atoms with Crippen molar-refractivity contribution in [1.29, 1.82) is 0 Å². The Morgan fingerprint density at radius 2 is 1.37 bits per heavy atom. The molecule has 0 aliphatic carbocycles. The molecule has 0 atom stereocenters. The van der Waals surface area contributed by atoms with Gasteiger partial charge in [-0.15, -0.1) is 0 Å². The number of ketones is 1. The van der Waals surface area contributed by atoms with Gasteiger partial charge >= 0.3 is 0 Å². The van der Waals surface area contributed by atoms with Gasteiger partial charge in [0, 0.05) is 40.1 Å². The molecule has 43 heavy (non-hydrogen) atoms. The van der Waals surface area contributed by atoms with Crippen molar-refractivity contribution in [1.82, 2.24) is 4.90 Å². The third-order valence-corrected chi connectivity index (χ3v) is 10.4. The Morgan fingerprint density at radius 3 is 1.95 bits per heavy atom. The Balaban J connectivity index is 1.55. The van der Waals surface area contributed by atoms with Crippen molar-refractivity contribution in [2.45, 2.75) is 20.8 Å². The molecule has 0 bridgehead atoms. The van der Waals surface area contributed by atoms with Gasteiger partial charge in [0.05, 0.1) is 32.1 Å². The Kier molecular flexibility index (Phi) is 9.72. The molecule has 0 saturated carbocycles. The molecule has 1 fully saturated rings. The molecule has 1 heterocycles. The number of hydrogen-bond acceptors (Lipinski definition) is 6. The summed E-state index contributed by atoms with van der Waals surface area (Å²) in [7, 11) is -3.29. The van der Waals surface area contributed by atoms with Gasteiger partial charge in [0.25, 0.3) is 0 Å². The second-order valence-electron chi connectivity index (χ2n) is 11.9. The maximum absolute atomic E-state index is 15.3. The molecule has 0 unspecified atom stereocenters. The van der Waals surface area contributed by atoms with Gasteiger partial charge in [-0.2, -0.15) is 0 Å². The van der Waals surface area contributed by atoms with Crippen molar-refractivity contribution >= 4 is 40.4 Å². The summed E-state index contributed by atoms with van der Waals surface area (Å²) in [5.74, 6) is 0.462. The Bertz CT molecular complexity index is 1550. The smallest absolute Gasteiger partial charge is 0.222 e. The number of Topliss-reactive ketones (excluding diaryl/α,β-unsaturated/α-hetero) is 1. The maximum Gasteiger partial charge on any atom is 0.222 e. The predicted octanol–water partition coefficient (Wildman–Crippen LogP) is 5.98. The van der Waals surface area contributed by atoms with Gasteiger partial charge in [0.1, 0.15) is 0 Å². The Labute approximate surface area is 254 Å². The third-order valence-electron chi connectivity index (χ3n) is 7.25. The van der Waals surface area contributed by atoms with E-state index in [0.717, 1.165) is 23.7 Å². The van der Waals surface area contributed by atoms with Crippen molar-refractivity contribution in [2.24, 2.45) is 10.4 Å². The second kappa shape index (κ2) is 13.6. The first-order chi connectivity index (χ1) is 20.7. The molecule has 0 spiro atoms. The highest BCUT2D eigenvalue weighted by atomic mass is 31.2. The number of rotatable bonds is 9. The van der Waals surface area contributed by atoms with Crippen LogP contribution in [0.15, 0.2) is 114 Å². The molecular weight excluding hydrogens is 555 g/mol. The van der Waals surface area contributed by atoms with Crippen LogP contribution >= 0.6 is 7.14 Å². The zero-order chi connectivity index (χ0) is 30.3. The lowest BCUT2D eigenvalue weighted by Gasteiger charge is -2.25. The van der Waals surface area contributed by atoms with E-state index in [-0.39, 0.29) is 11.2 Å². The summed E-state index contributed by atoms with van der Waals surface area (Å²) in [4.78, 5) is 20.0. The van der Waals surface area contributed by atoms with Crippen molar-refractivity contribution in [3.63, 3.8) is 0 Å². The molecule has 5 rings (SSSR count). The Morgan fingerprint density at radius 1 is 0.814 bits per heavy atom. The minimum Gasteiger partial charge on any atom is -0.477 e. The van der Waals surface area contributed by atoms with E-state index in [0.29, 0.717) is 54.4 Å². The molecule has 1 aliphatic rings. The van der Waals surface area contributed by atoms with Gasteiger partial charge in [0.2, 0.25) is 5.90 Å². The van der Waals surface area contributed by atoms with E-state index in [9.17, 15) is 4.79 Å². The average Bonchev–Trinajstić information content (AvgIpc) is 3.04. The number of benzene rings is 4. The lowest BCUT2D eigenvalue weighted by atomic mass is 9.99. The highest BCUT2D eigenvalue weighted by Crippen LogP contribution is 2.43. The van der Waals surface area contributed by atoms with Gasteiger partial charge in [-0.05, 0) is 35.7 Å². The molecule has 1 aliphatic heterocycles. The van der Waals surface area contributed by atoms with Crippen LogP contribution in [0.2, 0.25) is 0 Å². The number of carbonyl (C=O) groups excluding carboxylic acids is 1. The van der Waals surface area contributed by atoms with Crippen LogP contribution in [0.4, 0.5) is 5.69 Å². The molecule has 4 aromatic carbocycles. The first-order valence-corrected chi connectivity index (χ1v) is 16.4. The molecule has 1 saturated heterocycles. The van der Waals surface area contributed by atoms with E-state index in [2.05, 4.69) is 25.7 Å². The predicted molar refractivity (Wildman–Crippen MR) is 175 cm³/mol. The van der Waals surface area contributed by atoms with E-state index in [1.807, 2.05) is 109 Å². The summed E-state index contributed by atoms with van der Waals surface area (Å²) in [6, 6.07) is 34.2. The lowest BCUT2D eigenvalue weighted by molar-refractivity contribution is 0.0371. The van der Waals surface area contributed by atoms with Crippen LogP contribution in [0.5, 0.6) is 0 Å². The largest absolute Gasteiger partial charge is 0.477 e. The summed E-state index contributed by atoms with van der Waals surface area (Å²) in [5, 5.41) is 2.15. The van der Waals surface area contributed by atoms with Crippen molar-refractivity contribution < 1.29 is 18.8 Å². The van der Waals surface area contributed by atoms with E-state index >= 15 is 4.57 Å². The number of hydrogen-bond donors (Lipinski definition) is 0. The monoisotopic (exact) mass is 594 g/mol. The number of morpholine rings is 1. The van der Waals surface area contributed by atoms with Crippen LogP contribution in [-0.4, -0.2) is 56.0 Å². The minimum absolute atomic E-state index is 0.0682. The summed E-state index contributed by atoms with van der Waals surface area (Å²) >= 11 is 0. The standard InChI is InChI=1S/C36H39N2O4P/c1-36(2,3)27-42-35(37-29-20-18-28(19-21-29)33(39)26-38-22-24-41-25-23-38)32-16-10-11-17-34(32)43(40,30-12-6-4-7-13-30)31-14-8-5-9-15-31/h4-21H,22-27H2,1-3H3. The first-order valence-electron chi connectivity index (χ1n) is 14.7. The fourth-order valence-electron chi connectivity index (χ4n) is 4.98. The molecule has 0 aromatic heterocycles. The molecular formula is C36H39N2O4P. The van der Waals surface area contributed by atoms with Gasteiger partial charge in [-0.25, -0.2) is 4.99 Å². The van der Waals surface area contributed by atoms with Crippen molar-refractivity contribution in [2.75, 3.05) is 39.5 Å². The lowest BCUT2D eigenvalue weighted by Crippen LogP contribution is -2.39. The SMILES string of the molecule is CC(C)(C)COC(=Nc1ccc(C(=O)CN2CCOCC2)cc1)c1ccccc1P(=O)(c1ccccc1)c1ccccc1. The number of ether oxygens (including phenoxy) is 2. The highest BCUT2D eigenvalue weighted by molar-refractivity contribution is 7.85. The summed E-state index contributed by atoms with van der Waals surface area (Å²) in [5.41, 5.74) is 1.83. The minimum atomic E-state index is -3.29. The van der Waals surface area contributed by atoms with Crippen LogP contribution in [0.3, 0.4) is 0 Å². The van der Waals surface area contributed by atoms with E-state index < -0.39 is 7.14 Å². The molecule has 7 heteroatoms.